The Morgan fingerprint density at radius 2 is 2.14 bits per heavy atom. The molecule has 0 saturated carbocycles. The number of aromatic nitrogens is 2. The lowest BCUT2D eigenvalue weighted by Gasteiger charge is -2.12. The van der Waals surface area contributed by atoms with Gasteiger partial charge in [-0.15, -0.1) is 0 Å². The van der Waals surface area contributed by atoms with Gasteiger partial charge < -0.3 is 15.4 Å². The molecule has 3 rings (SSSR count). The summed E-state index contributed by atoms with van der Waals surface area (Å²) < 4.78 is 39.9. The van der Waals surface area contributed by atoms with Crippen molar-refractivity contribution in [3.63, 3.8) is 0 Å². The minimum atomic E-state index is -4.48. The van der Waals surface area contributed by atoms with E-state index >= 15 is 0 Å². The number of nitrogens with two attached hydrogens (primary N) is 1. The Balaban J connectivity index is 2.18. The molecule has 0 radical (unpaired) electrons. The van der Waals surface area contributed by atoms with E-state index in [9.17, 15) is 18.3 Å². The first-order chi connectivity index (χ1) is 9.90. The molecule has 1 aromatic carbocycles. The number of hydrogen-bond donors (Lipinski definition) is 2. The highest BCUT2D eigenvalue weighted by molar-refractivity contribution is 5.63. The number of aliphatic hydroxyl groups excluding tert-OH is 1. The van der Waals surface area contributed by atoms with Gasteiger partial charge in [0.15, 0.2) is 5.69 Å². The largest absolute Gasteiger partial charge is 0.434 e. The number of imidazole rings is 1. The van der Waals surface area contributed by atoms with Crippen molar-refractivity contribution in [1.82, 2.24) is 9.55 Å². The van der Waals surface area contributed by atoms with Crippen LogP contribution in [0.15, 0.2) is 24.4 Å². The average Bonchev–Trinajstić information content (AvgIpc) is 2.83. The average molecular weight is 297 g/mol. The number of alkyl halides is 3. The van der Waals surface area contributed by atoms with Gasteiger partial charge in [0.1, 0.15) is 5.82 Å². The van der Waals surface area contributed by atoms with Crippen LogP contribution in [-0.4, -0.2) is 14.7 Å². The first-order valence-corrected chi connectivity index (χ1v) is 6.56. The van der Waals surface area contributed by atoms with Gasteiger partial charge >= 0.3 is 6.18 Å². The quantitative estimate of drug-likeness (QED) is 0.850. The van der Waals surface area contributed by atoms with E-state index < -0.39 is 18.0 Å². The van der Waals surface area contributed by atoms with Gasteiger partial charge in [-0.25, -0.2) is 4.98 Å². The molecule has 4 nitrogen and oxygen atoms in total. The van der Waals surface area contributed by atoms with Crippen molar-refractivity contribution in [2.45, 2.75) is 31.8 Å². The molecule has 21 heavy (non-hydrogen) atoms. The summed E-state index contributed by atoms with van der Waals surface area (Å²) in [5, 5.41) is 10.2. The Labute approximate surface area is 119 Å². The summed E-state index contributed by atoms with van der Waals surface area (Å²) in [5.74, 6) is 0.234. The topological polar surface area (TPSA) is 64.1 Å². The van der Waals surface area contributed by atoms with E-state index in [1.165, 1.54) is 4.57 Å². The number of benzene rings is 1. The number of hydrogen-bond acceptors (Lipinski definition) is 3. The van der Waals surface area contributed by atoms with Crippen LogP contribution in [0.5, 0.6) is 0 Å². The molecule has 2 aromatic rings. The molecule has 3 N–H and O–H groups in total. The Morgan fingerprint density at radius 3 is 2.81 bits per heavy atom. The van der Waals surface area contributed by atoms with Crippen LogP contribution in [-0.2, 0) is 19.3 Å². The molecular weight excluding hydrogens is 283 g/mol. The van der Waals surface area contributed by atoms with Crippen molar-refractivity contribution in [3.8, 4) is 11.4 Å². The summed E-state index contributed by atoms with van der Waals surface area (Å²) >= 11 is 0. The summed E-state index contributed by atoms with van der Waals surface area (Å²) in [4.78, 5) is 3.71. The molecule has 1 atom stereocenters. The van der Waals surface area contributed by atoms with Crippen molar-refractivity contribution in [3.05, 3.63) is 41.2 Å². The Morgan fingerprint density at radius 1 is 1.38 bits per heavy atom. The van der Waals surface area contributed by atoms with Gasteiger partial charge in [-0.3, -0.25) is 0 Å². The number of aryl methyl sites for hydroxylation is 1. The molecular formula is C14H14F3N3O. The molecule has 0 fully saturated rings. The summed E-state index contributed by atoms with van der Waals surface area (Å²) in [6, 6.07) is 5.14. The second kappa shape index (κ2) is 4.85. The fraction of sp³-hybridized carbons (Fsp3) is 0.357. The molecule has 1 aromatic heterocycles. The highest BCUT2D eigenvalue weighted by Gasteiger charge is 2.36. The van der Waals surface area contributed by atoms with Crippen molar-refractivity contribution in [2.75, 3.05) is 0 Å². The van der Waals surface area contributed by atoms with Crippen LogP contribution >= 0.6 is 0 Å². The second-order valence-electron chi connectivity index (χ2n) is 5.07. The molecule has 7 heteroatoms. The van der Waals surface area contributed by atoms with Gasteiger partial charge in [-0.1, -0.05) is 18.2 Å². The molecule has 1 aliphatic rings. The minimum absolute atomic E-state index is 0.234. The zero-order valence-electron chi connectivity index (χ0n) is 11.1. The lowest BCUT2D eigenvalue weighted by atomic mass is 9.98. The van der Waals surface area contributed by atoms with E-state index in [4.69, 9.17) is 5.73 Å². The highest BCUT2D eigenvalue weighted by atomic mass is 19.4. The second-order valence-corrected chi connectivity index (χ2v) is 5.07. The van der Waals surface area contributed by atoms with Gasteiger partial charge in [0, 0.05) is 24.8 Å². The molecule has 0 aliphatic carbocycles. The lowest BCUT2D eigenvalue weighted by molar-refractivity contribution is -0.140. The fourth-order valence-electron chi connectivity index (χ4n) is 2.57. The smallest absolute Gasteiger partial charge is 0.388 e. The zero-order valence-corrected chi connectivity index (χ0v) is 11.1. The molecule has 0 amide bonds. The van der Waals surface area contributed by atoms with Crippen LogP contribution in [0.4, 0.5) is 13.2 Å². The van der Waals surface area contributed by atoms with E-state index in [1.807, 2.05) is 0 Å². The van der Waals surface area contributed by atoms with E-state index in [-0.39, 0.29) is 12.4 Å². The van der Waals surface area contributed by atoms with E-state index in [0.717, 1.165) is 11.8 Å². The molecule has 1 unspecified atom stereocenters. The van der Waals surface area contributed by atoms with E-state index in [1.54, 1.807) is 18.2 Å². The van der Waals surface area contributed by atoms with Gasteiger partial charge in [0.2, 0.25) is 0 Å². The van der Waals surface area contributed by atoms with Gasteiger partial charge in [-0.05, 0) is 17.5 Å². The summed E-state index contributed by atoms with van der Waals surface area (Å²) in [5.41, 5.74) is 6.58. The van der Waals surface area contributed by atoms with Crippen LogP contribution in [0.3, 0.4) is 0 Å². The minimum Gasteiger partial charge on any atom is -0.388 e. The van der Waals surface area contributed by atoms with Gasteiger partial charge in [0.25, 0.3) is 0 Å². The number of halogens is 3. The van der Waals surface area contributed by atoms with Crippen LogP contribution in [0.25, 0.3) is 11.4 Å². The first kappa shape index (κ1) is 14.1. The number of rotatable bonds is 1. The summed E-state index contributed by atoms with van der Waals surface area (Å²) in [6.45, 7) is 0.592. The number of fused-ring (bicyclic) bond motifs is 3. The maximum atomic E-state index is 12.8. The molecule has 0 bridgehead atoms. The fourth-order valence-corrected chi connectivity index (χ4v) is 2.57. The molecule has 2 heterocycles. The van der Waals surface area contributed by atoms with Crippen molar-refractivity contribution in [1.29, 1.82) is 0 Å². The summed E-state index contributed by atoms with van der Waals surface area (Å²) in [6.07, 6.45) is -3.88. The zero-order chi connectivity index (χ0) is 15.2. The first-order valence-electron chi connectivity index (χ1n) is 6.56. The Kier molecular flexibility index (Phi) is 3.26. The normalized spacial score (nSPS) is 18.0. The Hall–Kier alpha value is -1.86. The van der Waals surface area contributed by atoms with Crippen molar-refractivity contribution < 1.29 is 18.3 Å². The lowest BCUT2D eigenvalue weighted by Crippen LogP contribution is -2.06. The van der Waals surface area contributed by atoms with E-state index in [0.29, 0.717) is 24.1 Å². The van der Waals surface area contributed by atoms with Crippen LogP contribution in [0, 0.1) is 0 Å². The molecule has 0 saturated heterocycles. The maximum absolute atomic E-state index is 12.8. The van der Waals surface area contributed by atoms with Gasteiger partial charge in [-0.2, -0.15) is 13.2 Å². The third kappa shape index (κ3) is 2.43. The van der Waals surface area contributed by atoms with Crippen LogP contribution < -0.4 is 5.73 Å². The third-order valence-electron chi connectivity index (χ3n) is 3.66. The van der Waals surface area contributed by atoms with Crippen molar-refractivity contribution in [2.24, 2.45) is 5.73 Å². The predicted molar refractivity (Wildman–Crippen MR) is 70.1 cm³/mol. The monoisotopic (exact) mass is 297 g/mol. The third-order valence-corrected chi connectivity index (χ3v) is 3.66. The number of nitrogens with zero attached hydrogens (tertiary/aromatic N) is 2. The van der Waals surface area contributed by atoms with E-state index in [2.05, 4.69) is 4.98 Å². The van der Waals surface area contributed by atoms with Crippen molar-refractivity contribution >= 4 is 0 Å². The summed E-state index contributed by atoms with van der Waals surface area (Å²) in [7, 11) is 0. The SMILES string of the molecule is NCc1ccc2c(c1)C(O)CCn1cc(C(F)(F)F)nc1-2. The predicted octanol–water partition coefficient (Wildman–Crippen LogP) is 2.46. The number of aliphatic hydroxyl groups is 1. The maximum Gasteiger partial charge on any atom is 0.434 e. The van der Waals surface area contributed by atoms with Gasteiger partial charge in [0.05, 0.1) is 6.10 Å². The molecule has 1 aliphatic heterocycles. The highest BCUT2D eigenvalue weighted by Crippen LogP contribution is 2.37. The van der Waals surface area contributed by atoms with Crippen LogP contribution in [0.1, 0.15) is 29.3 Å². The van der Waals surface area contributed by atoms with Crippen LogP contribution in [0.2, 0.25) is 0 Å². The Bertz CT molecular complexity index is 679. The molecule has 0 spiro atoms. The molecule has 112 valence electrons. The standard InChI is InChI=1S/C14H14F3N3O/c15-14(16,17)12-7-20-4-3-11(21)10-5-8(6-18)1-2-9(10)13(20)19-12/h1-2,5,7,11,21H,3-4,6,18H2.